The number of rotatable bonds is 12. The number of anilines is 1. The number of aromatic amines is 1. The molecule has 8 nitrogen and oxygen atoms in total. The molecule has 0 radical (unpaired) electrons. The van der Waals surface area contributed by atoms with Crippen molar-refractivity contribution in [1.29, 1.82) is 0 Å². The lowest BCUT2D eigenvalue weighted by Crippen LogP contribution is -2.14. The van der Waals surface area contributed by atoms with Crippen LogP contribution in [0.4, 0.5) is 5.69 Å². The molecule has 0 aliphatic carbocycles. The van der Waals surface area contributed by atoms with E-state index in [1.54, 1.807) is 12.1 Å². The van der Waals surface area contributed by atoms with Gasteiger partial charge in [0, 0.05) is 12.1 Å². The van der Waals surface area contributed by atoms with E-state index in [2.05, 4.69) is 64.1 Å². The zero-order valence-electron chi connectivity index (χ0n) is 20.6. The van der Waals surface area contributed by atoms with Gasteiger partial charge in [0.25, 0.3) is 5.91 Å². The lowest BCUT2D eigenvalue weighted by atomic mass is 10.0. The highest BCUT2D eigenvalue weighted by atomic mass is 16.5. The van der Waals surface area contributed by atoms with Crippen molar-refractivity contribution >= 4 is 11.6 Å². The highest BCUT2D eigenvalue weighted by molar-refractivity contribution is 6.06. The standard InChI is InChI=1S/C28H31N5O3/c1-20(2)18-21-9-11-22(12-10-21)19-36-24-15-13-23(14-16-24)29-28(34)25-6-3-4-7-26(25)35-17-5-8-27-30-32-33-31-27/h3-4,6-7,9-16,20H,5,8,17-19H2,1-2H3,(H,29,34)(H,30,31,32,33). The van der Waals surface area contributed by atoms with Gasteiger partial charge in [-0.15, -0.1) is 10.2 Å². The average Bonchev–Trinajstić information content (AvgIpc) is 3.41. The van der Waals surface area contributed by atoms with Crippen molar-refractivity contribution < 1.29 is 14.3 Å². The van der Waals surface area contributed by atoms with Crippen LogP contribution in [0.1, 0.15) is 47.6 Å². The van der Waals surface area contributed by atoms with Crippen LogP contribution in [0.25, 0.3) is 0 Å². The van der Waals surface area contributed by atoms with Gasteiger partial charge in [-0.25, -0.2) is 0 Å². The van der Waals surface area contributed by atoms with Crippen molar-refractivity contribution in [2.24, 2.45) is 5.92 Å². The number of hydrogen-bond donors (Lipinski definition) is 2. The maximum absolute atomic E-state index is 12.9. The first-order chi connectivity index (χ1) is 17.6. The smallest absolute Gasteiger partial charge is 0.259 e. The summed E-state index contributed by atoms with van der Waals surface area (Å²) in [5.74, 6) is 2.31. The third kappa shape index (κ3) is 7.40. The van der Waals surface area contributed by atoms with Gasteiger partial charge in [0.05, 0.1) is 12.2 Å². The molecule has 0 spiro atoms. The Bertz CT molecular complexity index is 1220. The van der Waals surface area contributed by atoms with Gasteiger partial charge >= 0.3 is 0 Å². The molecule has 0 aliphatic heterocycles. The quantitative estimate of drug-likeness (QED) is 0.266. The lowest BCUT2D eigenvalue weighted by Gasteiger charge is -2.12. The van der Waals surface area contributed by atoms with Crippen molar-refractivity contribution in [2.75, 3.05) is 11.9 Å². The third-order valence-corrected chi connectivity index (χ3v) is 5.51. The number of aryl methyl sites for hydroxylation is 1. The van der Waals surface area contributed by atoms with Crippen molar-refractivity contribution in [3.63, 3.8) is 0 Å². The Morgan fingerprint density at radius 1 is 0.944 bits per heavy atom. The Morgan fingerprint density at radius 2 is 1.69 bits per heavy atom. The number of hydrogen-bond acceptors (Lipinski definition) is 6. The first-order valence-corrected chi connectivity index (χ1v) is 12.1. The molecule has 0 saturated heterocycles. The van der Waals surface area contributed by atoms with E-state index in [9.17, 15) is 4.79 Å². The van der Waals surface area contributed by atoms with Crippen molar-refractivity contribution in [1.82, 2.24) is 20.6 Å². The van der Waals surface area contributed by atoms with Crippen LogP contribution >= 0.6 is 0 Å². The molecule has 1 aromatic heterocycles. The topological polar surface area (TPSA) is 102 Å². The molecule has 8 heteroatoms. The molecule has 4 aromatic rings. The van der Waals surface area contributed by atoms with Gasteiger partial charge in [0.15, 0.2) is 5.82 Å². The van der Waals surface area contributed by atoms with E-state index >= 15 is 0 Å². The minimum atomic E-state index is -0.237. The van der Waals surface area contributed by atoms with E-state index in [1.165, 1.54) is 5.56 Å². The number of aromatic nitrogens is 4. The molecule has 0 bridgehead atoms. The second-order valence-corrected chi connectivity index (χ2v) is 8.96. The van der Waals surface area contributed by atoms with Gasteiger partial charge in [-0.1, -0.05) is 55.5 Å². The summed E-state index contributed by atoms with van der Waals surface area (Å²) in [5, 5.41) is 16.7. The third-order valence-electron chi connectivity index (χ3n) is 5.51. The van der Waals surface area contributed by atoms with Crippen LogP contribution in [0, 0.1) is 5.92 Å². The molecule has 0 unspecified atom stereocenters. The number of tetrazole rings is 1. The summed E-state index contributed by atoms with van der Waals surface area (Å²) < 4.78 is 11.8. The molecular weight excluding hydrogens is 454 g/mol. The minimum absolute atomic E-state index is 0.237. The maximum Gasteiger partial charge on any atom is 0.259 e. The molecule has 3 aromatic carbocycles. The van der Waals surface area contributed by atoms with Gasteiger partial charge in [0.1, 0.15) is 18.1 Å². The number of carbonyl (C=O) groups is 1. The second kappa shape index (κ2) is 12.5. The van der Waals surface area contributed by atoms with Gasteiger partial charge in [-0.2, -0.15) is 5.21 Å². The van der Waals surface area contributed by atoms with Crippen molar-refractivity contribution in [3.8, 4) is 11.5 Å². The molecular formula is C28H31N5O3. The Kier molecular flexibility index (Phi) is 8.64. The number of H-pyrrole nitrogens is 1. The predicted molar refractivity (Wildman–Crippen MR) is 138 cm³/mol. The van der Waals surface area contributed by atoms with Gasteiger partial charge in [-0.05, 0) is 66.3 Å². The molecule has 2 N–H and O–H groups in total. The van der Waals surface area contributed by atoms with Crippen LogP contribution in [0.2, 0.25) is 0 Å². The van der Waals surface area contributed by atoms with Crippen molar-refractivity contribution in [3.05, 3.63) is 95.3 Å². The number of ether oxygens (including phenoxy) is 2. The molecule has 4 rings (SSSR count). The Morgan fingerprint density at radius 3 is 2.42 bits per heavy atom. The molecule has 36 heavy (non-hydrogen) atoms. The van der Waals surface area contributed by atoms with E-state index in [-0.39, 0.29) is 5.91 Å². The number of nitrogens with one attached hydrogen (secondary N) is 2. The SMILES string of the molecule is CC(C)Cc1ccc(COc2ccc(NC(=O)c3ccccc3OCCCc3nn[nH]n3)cc2)cc1. The van der Waals surface area contributed by atoms with E-state index in [0.717, 1.165) is 17.7 Å². The first kappa shape index (κ1) is 24.9. The summed E-state index contributed by atoms with van der Waals surface area (Å²) in [6.07, 6.45) is 2.42. The number of para-hydroxylation sites is 1. The van der Waals surface area contributed by atoms with Crippen LogP contribution in [0.15, 0.2) is 72.8 Å². The fourth-order valence-electron chi connectivity index (χ4n) is 3.72. The average molecular weight is 486 g/mol. The summed E-state index contributed by atoms with van der Waals surface area (Å²) in [4.78, 5) is 12.9. The molecule has 1 amide bonds. The number of carbonyl (C=O) groups excluding carboxylic acids is 1. The highest BCUT2D eigenvalue weighted by Crippen LogP contribution is 2.22. The van der Waals surface area contributed by atoms with Gasteiger partial charge in [0.2, 0.25) is 0 Å². The number of amides is 1. The largest absolute Gasteiger partial charge is 0.493 e. The maximum atomic E-state index is 12.9. The van der Waals surface area contributed by atoms with Gasteiger partial charge in [-0.3, -0.25) is 4.79 Å². The lowest BCUT2D eigenvalue weighted by molar-refractivity contribution is 0.102. The number of nitrogens with zero attached hydrogens (tertiary/aromatic N) is 3. The summed E-state index contributed by atoms with van der Waals surface area (Å²) in [6, 6.07) is 23.1. The molecule has 0 fully saturated rings. The number of benzene rings is 3. The normalized spacial score (nSPS) is 10.9. The minimum Gasteiger partial charge on any atom is -0.493 e. The van der Waals surface area contributed by atoms with Crippen molar-refractivity contribution in [2.45, 2.75) is 39.7 Å². The molecule has 0 atom stereocenters. The van der Waals surface area contributed by atoms with E-state index in [1.807, 2.05) is 36.4 Å². The fourth-order valence-corrected chi connectivity index (χ4v) is 3.72. The Hall–Kier alpha value is -4.20. The monoisotopic (exact) mass is 485 g/mol. The van der Waals surface area contributed by atoms with Gasteiger partial charge < -0.3 is 14.8 Å². The highest BCUT2D eigenvalue weighted by Gasteiger charge is 2.13. The summed E-state index contributed by atoms with van der Waals surface area (Å²) in [6.45, 7) is 5.37. The molecule has 1 heterocycles. The molecule has 0 saturated carbocycles. The summed E-state index contributed by atoms with van der Waals surface area (Å²) in [7, 11) is 0. The Labute approximate surface area is 211 Å². The zero-order chi connectivity index (χ0) is 25.2. The molecule has 0 aliphatic rings. The summed E-state index contributed by atoms with van der Waals surface area (Å²) >= 11 is 0. The summed E-state index contributed by atoms with van der Waals surface area (Å²) in [5.41, 5.74) is 3.61. The van der Waals surface area contributed by atoms with Crippen LogP contribution < -0.4 is 14.8 Å². The van der Waals surface area contributed by atoms with Crippen LogP contribution in [0.5, 0.6) is 11.5 Å². The first-order valence-electron chi connectivity index (χ1n) is 12.1. The van der Waals surface area contributed by atoms with Crippen LogP contribution in [-0.2, 0) is 19.4 Å². The van der Waals surface area contributed by atoms with Crippen LogP contribution in [-0.4, -0.2) is 33.1 Å². The predicted octanol–water partition coefficient (Wildman–Crippen LogP) is 5.24. The van der Waals surface area contributed by atoms with E-state index in [4.69, 9.17) is 9.47 Å². The fraction of sp³-hybridized carbons (Fsp3) is 0.286. The molecule has 186 valence electrons. The van der Waals surface area contributed by atoms with E-state index in [0.29, 0.717) is 54.8 Å². The van der Waals surface area contributed by atoms with E-state index < -0.39 is 0 Å². The van der Waals surface area contributed by atoms with Crippen LogP contribution in [0.3, 0.4) is 0 Å². The second-order valence-electron chi connectivity index (χ2n) is 8.96. The Balaban J connectivity index is 1.27. The zero-order valence-corrected chi connectivity index (χ0v) is 20.6.